The molecule has 1 aromatic heterocycles. The van der Waals surface area contributed by atoms with Gasteiger partial charge in [0.2, 0.25) is 5.76 Å². The summed E-state index contributed by atoms with van der Waals surface area (Å²) in [6.45, 7) is 1.10. The molecule has 2 rings (SSSR count). The highest BCUT2D eigenvalue weighted by Gasteiger charge is 2.32. The van der Waals surface area contributed by atoms with Crippen LogP contribution in [0.1, 0.15) is 42.0 Å². The predicted molar refractivity (Wildman–Crippen MR) is 65.4 cm³/mol. The van der Waals surface area contributed by atoms with Crippen molar-refractivity contribution in [2.45, 2.75) is 37.8 Å². The second-order valence-electron chi connectivity index (χ2n) is 5.17. The topological polar surface area (TPSA) is 73.9 Å². The Balaban J connectivity index is 1.90. The van der Waals surface area contributed by atoms with Crippen LogP contribution in [0.3, 0.4) is 0 Å². The molecule has 5 nitrogen and oxygen atoms in total. The first-order valence-corrected chi connectivity index (χ1v) is 6.21. The van der Waals surface area contributed by atoms with Crippen LogP contribution in [0.25, 0.3) is 0 Å². The van der Waals surface area contributed by atoms with E-state index in [4.69, 9.17) is 9.52 Å². The number of aromatic carboxylic acids is 1. The summed E-state index contributed by atoms with van der Waals surface area (Å²) >= 11 is 0. The van der Waals surface area contributed by atoms with E-state index in [-0.39, 0.29) is 5.76 Å². The lowest BCUT2D eigenvalue weighted by atomic mass is 10.0. The van der Waals surface area contributed by atoms with Crippen LogP contribution in [-0.2, 0) is 6.54 Å². The Kier molecular flexibility index (Phi) is 3.73. The van der Waals surface area contributed by atoms with Gasteiger partial charge in [-0.3, -0.25) is 4.90 Å². The molecule has 0 spiro atoms. The smallest absolute Gasteiger partial charge is 0.371 e. The van der Waals surface area contributed by atoms with Crippen molar-refractivity contribution in [2.75, 3.05) is 13.6 Å². The van der Waals surface area contributed by atoms with Crippen molar-refractivity contribution in [3.8, 4) is 0 Å². The zero-order valence-corrected chi connectivity index (χ0v) is 10.6. The molecule has 0 radical (unpaired) electrons. The molecule has 18 heavy (non-hydrogen) atoms. The number of aliphatic hydroxyl groups is 1. The average molecular weight is 253 g/mol. The lowest BCUT2D eigenvalue weighted by Crippen LogP contribution is -2.38. The average Bonchev–Trinajstić information content (AvgIpc) is 2.87. The Morgan fingerprint density at radius 3 is 2.67 bits per heavy atom. The third-order valence-corrected chi connectivity index (χ3v) is 3.40. The van der Waals surface area contributed by atoms with Gasteiger partial charge in [0, 0.05) is 6.54 Å². The monoisotopic (exact) mass is 253 g/mol. The lowest BCUT2D eigenvalue weighted by molar-refractivity contribution is 0.0129. The van der Waals surface area contributed by atoms with Crippen molar-refractivity contribution in [1.82, 2.24) is 4.90 Å². The van der Waals surface area contributed by atoms with Gasteiger partial charge in [-0.25, -0.2) is 4.79 Å². The second-order valence-corrected chi connectivity index (χ2v) is 5.17. The molecule has 0 aliphatic heterocycles. The van der Waals surface area contributed by atoms with Gasteiger partial charge in [-0.1, -0.05) is 12.8 Å². The normalized spacial score (nSPS) is 18.4. The molecule has 0 amide bonds. The van der Waals surface area contributed by atoms with Crippen molar-refractivity contribution in [3.05, 3.63) is 23.7 Å². The van der Waals surface area contributed by atoms with E-state index in [1.165, 1.54) is 6.07 Å². The zero-order valence-electron chi connectivity index (χ0n) is 10.6. The number of carboxylic acid groups (broad SMARTS) is 1. The fourth-order valence-electron chi connectivity index (χ4n) is 2.59. The fourth-order valence-corrected chi connectivity index (χ4v) is 2.59. The Morgan fingerprint density at radius 2 is 2.11 bits per heavy atom. The Bertz CT molecular complexity index is 420. The van der Waals surface area contributed by atoms with Crippen LogP contribution in [0.4, 0.5) is 0 Å². The number of carboxylic acids is 1. The van der Waals surface area contributed by atoms with Crippen LogP contribution < -0.4 is 0 Å². The first-order chi connectivity index (χ1) is 8.48. The predicted octanol–water partition coefficient (Wildman–Crippen LogP) is 1.71. The van der Waals surface area contributed by atoms with E-state index in [2.05, 4.69) is 0 Å². The Hall–Kier alpha value is -1.33. The standard InChI is InChI=1S/C13H19NO4/c1-14(9-13(17)6-2-3-7-13)8-10-4-5-11(18-10)12(15)16/h4-5,17H,2-3,6-9H2,1H3,(H,15,16). The van der Waals surface area contributed by atoms with Crippen LogP contribution >= 0.6 is 0 Å². The maximum atomic E-state index is 10.7. The van der Waals surface area contributed by atoms with E-state index in [9.17, 15) is 9.90 Å². The number of rotatable bonds is 5. The van der Waals surface area contributed by atoms with Gasteiger partial charge in [-0.05, 0) is 32.0 Å². The van der Waals surface area contributed by atoms with Gasteiger partial charge in [0.25, 0.3) is 0 Å². The van der Waals surface area contributed by atoms with Crippen molar-refractivity contribution in [3.63, 3.8) is 0 Å². The summed E-state index contributed by atoms with van der Waals surface area (Å²) < 4.78 is 5.19. The van der Waals surface area contributed by atoms with Gasteiger partial charge in [0.05, 0.1) is 12.1 Å². The summed E-state index contributed by atoms with van der Waals surface area (Å²) in [5, 5.41) is 19.0. The molecule has 1 fully saturated rings. The highest BCUT2D eigenvalue weighted by atomic mass is 16.4. The van der Waals surface area contributed by atoms with E-state index in [0.717, 1.165) is 25.7 Å². The van der Waals surface area contributed by atoms with Crippen LogP contribution in [0.5, 0.6) is 0 Å². The third-order valence-electron chi connectivity index (χ3n) is 3.40. The molecule has 100 valence electrons. The molecule has 5 heteroatoms. The van der Waals surface area contributed by atoms with E-state index in [0.29, 0.717) is 18.8 Å². The van der Waals surface area contributed by atoms with Gasteiger partial charge in [0.1, 0.15) is 5.76 Å². The highest BCUT2D eigenvalue weighted by molar-refractivity contribution is 5.84. The van der Waals surface area contributed by atoms with Crippen molar-refractivity contribution in [1.29, 1.82) is 0 Å². The van der Waals surface area contributed by atoms with Crippen LogP contribution in [0.15, 0.2) is 16.5 Å². The molecule has 1 heterocycles. The maximum Gasteiger partial charge on any atom is 0.371 e. The Morgan fingerprint density at radius 1 is 1.44 bits per heavy atom. The SMILES string of the molecule is CN(Cc1ccc(C(=O)O)o1)CC1(O)CCCC1. The molecule has 1 saturated carbocycles. The van der Waals surface area contributed by atoms with E-state index in [1.54, 1.807) is 6.07 Å². The van der Waals surface area contributed by atoms with Crippen molar-refractivity contribution < 1.29 is 19.4 Å². The number of likely N-dealkylation sites (N-methyl/N-ethyl adjacent to an activating group) is 1. The molecule has 1 aromatic rings. The molecule has 1 aliphatic carbocycles. The van der Waals surface area contributed by atoms with E-state index < -0.39 is 11.6 Å². The molecular formula is C13H19NO4. The number of hydrogen-bond acceptors (Lipinski definition) is 4. The molecule has 0 saturated heterocycles. The summed E-state index contributed by atoms with van der Waals surface area (Å²) in [6, 6.07) is 3.12. The van der Waals surface area contributed by atoms with Gasteiger partial charge < -0.3 is 14.6 Å². The molecule has 0 aromatic carbocycles. The first kappa shape index (κ1) is 13.1. The summed E-state index contributed by atoms with van der Waals surface area (Å²) in [5.41, 5.74) is -0.586. The number of furan rings is 1. The first-order valence-electron chi connectivity index (χ1n) is 6.21. The molecule has 2 N–H and O–H groups in total. The van der Waals surface area contributed by atoms with Gasteiger partial charge in [-0.2, -0.15) is 0 Å². The summed E-state index contributed by atoms with van der Waals surface area (Å²) in [6.07, 6.45) is 3.84. The summed E-state index contributed by atoms with van der Waals surface area (Å²) in [4.78, 5) is 12.7. The molecule has 0 bridgehead atoms. The van der Waals surface area contributed by atoms with Gasteiger partial charge in [-0.15, -0.1) is 0 Å². The lowest BCUT2D eigenvalue weighted by Gasteiger charge is -2.27. The largest absolute Gasteiger partial charge is 0.475 e. The minimum Gasteiger partial charge on any atom is -0.475 e. The third kappa shape index (κ3) is 3.11. The summed E-state index contributed by atoms with van der Waals surface area (Å²) in [7, 11) is 1.90. The minimum absolute atomic E-state index is 0.0435. The van der Waals surface area contributed by atoms with Gasteiger partial charge >= 0.3 is 5.97 Å². The van der Waals surface area contributed by atoms with E-state index in [1.807, 2.05) is 11.9 Å². The van der Waals surface area contributed by atoms with Crippen LogP contribution in [-0.4, -0.2) is 40.3 Å². The van der Waals surface area contributed by atoms with Crippen molar-refractivity contribution in [2.24, 2.45) is 0 Å². The number of carbonyl (C=O) groups is 1. The second kappa shape index (κ2) is 5.12. The fraction of sp³-hybridized carbons (Fsp3) is 0.615. The quantitative estimate of drug-likeness (QED) is 0.835. The van der Waals surface area contributed by atoms with Crippen molar-refractivity contribution >= 4 is 5.97 Å². The van der Waals surface area contributed by atoms with E-state index >= 15 is 0 Å². The number of nitrogens with zero attached hydrogens (tertiary/aromatic N) is 1. The number of hydrogen-bond donors (Lipinski definition) is 2. The molecule has 0 atom stereocenters. The molecule has 1 aliphatic rings. The maximum absolute atomic E-state index is 10.7. The van der Waals surface area contributed by atoms with Crippen LogP contribution in [0.2, 0.25) is 0 Å². The summed E-state index contributed by atoms with van der Waals surface area (Å²) in [5.74, 6) is -0.493. The Labute approximate surface area is 106 Å². The minimum atomic E-state index is -1.06. The highest BCUT2D eigenvalue weighted by Crippen LogP contribution is 2.30. The zero-order chi connectivity index (χ0) is 13.2. The van der Waals surface area contributed by atoms with Gasteiger partial charge in [0.15, 0.2) is 0 Å². The molecule has 0 unspecified atom stereocenters. The van der Waals surface area contributed by atoms with Crippen LogP contribution in [0, 0.1) is 0 Å². The molecular weight excluding hydrogens is 234 g/mol.